The van der Waals surface area contributed by atoms with Crippen LogP contribution in [0.1, 0.15) is 36.1 Å². The van der Waals surface area contributed by atoms with E-state index in [4.69, 9.17) is 0 Å². The molecular formula is C16H19N3O2S. The fraction of sp³-hybridized carbons (Fsp3) is 0.312. The quantitative estimate of drug-likeness (QED) is 0.880. The number of nitrogens with zero attached hydrogens (tertiary/aromatic N) is 2. The van der Waals surface area contributed by atoms with Crippen LogP contribution in [0.15, 0.2) is 29.3 Å². The van der Waals surface area contributed by atoms with Crippen LogP contribution in [0.25, 0.3) is 0 Å². The van der Waals surface area contributed by atoms with E-state index in [1.807, 2.05) is 42.7 Å². The minimum Gasteiger partial charge on any atom is -0.326 e. The topological polar surface area (TPSA) is 63.5 Å². The average Bonchev–Trinajstić information content (AvgIpc) is 2.76. The smallest absolute Gasteiger partial charge is 0.221 e. The molecule has 0 saturated carbocycles. The number of anilines is 1. The summed E-state index contributed by atoms with van der Waals surface area (Å²) < 4.78 is 2.03. The molecule has 6 heteroatoms. The summed E-state index contributed by atoms with van der Waals surface area (Å²) in [5, 5.41) is 2.72. The number of amides is 1. The molecule has 2 aromatic rings. The van der Waals surface area contributed by atoms with Crippen molar-refractivity contribution in [1.82, 2.24) is 4.57 Å². The number of Topliss-reactive ketones (excluding diaryl/α,β-unsaturated/α-hetero) is 1. The van der Waals surface area contributed by atoms with E-state index in [0.29, 0.717) is 0 Å². The van der Waals surface area contributed by atoms with Gasteiger partial charge in [0.15, 0.2) is 10.6 Å². The van der Waals surface area contributed by atoms with Crippen LogP contribution < -0.4 is 10.1 Å². The number of ketones is 1. The van der Waals surface area contributed by atoms with Crippen molar-refractivity contribution in [3.63, 3.8) is 0 Å². The van der Waals surface area contributed by atoms with Gasteiger partial charge in [-0.1, -0.05) is 11.3 Å². The van der Waals surface area contributed by atoms with Crippen molar-refractivity contribution < 1.29 is 9.59 Å². The number of carbonyl (C=O) groups is 2. The predicted molar refractivity (Wildman–Crippen MR) is 88.7 cm³/mol. The number of carbonyl (C=O) groups excluding carboxylic acids is 2. The van der Waals surface area contributed by atoms with E-state index in [0.717, 1.165) is 33.3 Å². The summed E-state index contributed by atoms with van der Waals surface area (Å²) in [7, 11) is 0. The average molecular weight is 317 g/mol. The zero-order valence-electron chi connectivity index (χ0n) is 13.1. The zero-order chi connectivity index (χ0) is 16.3. The van der Waals surface area contributed by atoms with Gasteiger partial charge >= 0.3 is 0 Å². The Kier molecular flexibility index (Phi) is 4.92. The summed E-state index contributed by atoms with van der Waals surface area (Å²) in [4.78, 5) is 28.8. The molecule has 5 nitrogen and oxygen atoms in total. The molecule has 1 aromatic heterocycles. The molecule has 1 N–H and O–H groups in total. The third-order valence-corrected chi connectivity index (χ3v) is 4.49. The summed E-state index contributed by atoms with van der Waals surface area (Å²) in [6.07, 6.45) is 0. The van der Waals surface area contributed by atoms with Crippen molar-refractivity contribution in [3.05, 3.63) is 39.6 Å². The maximum absolute atomic E-state index is 11.7. The van der Waals surface area contributed by atoms with Gasteiger partial charge in [0.05, 0.1) is 10.6 Å². The van der Waals surface area contributed by atoms with Crippen molar-refractivity contribution in [2.24, 2.45) is 4.99 Å². The number of thiazole rings is 1. The zero-order valence-corrected chi connectivity index (χ0v) is 14.0. The van der Waals surface area contributed by atoms with Gasteiger partial charge in [-0.3, -0.25) is 9.59 Å². The minimum absolute atomic E-state index is 0.0622. The molecule has 1 aromatic carbocycles. The van der Waals surface area contributed by atoms with Crippen LogP contribution in [0, 0.1) is 6.92 Å². The van der Waals surface area contributed by atoms with Crippen LogP contribution in [-0.4, -0.2) is 16.3 Å². The van der Waals surface area contributed by atoms with Gasteiger partial charge in [0.1, 0.15) is 0 Å². The fourth-order valence-corrected chi connectivity index (χ4v) is 3.31. The second-order valence-corrected chi connectivity index (χ2v) is 5.92. The highest BCUT2D eigenvalue weighted by Gasteiger charge is 2.12. The molecule has 0 atom stereocenters. The highest BCUT2D eigenvalue weighted by atomic mass is 32.1. The van der Waals surface area contributed by atoms with Crippen molar-refractivity contribution in [2.45, 2.75) is 34.2 Å². The first-order valence-corrected chi connectivity index (χ1v) is 7.87. The Balaban J connectivity index is 2.42. The molecule has 0 radical (unpaired) electrons. The lowest BCUT2D eigenvalue weighted by molar-refractivity contribution is -0.114. The van der Waals surface area contributed by atoms with Crippen LogP contribution in [0.4, 0.5) is 11.4 Å². The van der Waals surface area contributed by atoms with Crippen molar-refractivity contribution in [2.75, 3.05) is 5.32 Å². The monoisotopic (exact) mass is 317 g/mol. The number of nitrogens with one attached hydrogen (secondary N) is 1. The summed E-state index contributed by atoms with van der Waals surface area (Å²) in [5.74, 6) is -0.0411. The molecule has 0 saturated heterocycles. The molecule has 0 fully saturated rings. The fourth-order valence-electron chi connectivity index (χ4n) is 2.20. The Labute approximate surface area is 133 Å². The lowest BCUT2D eigenvalue weighted by Crippen LogP contribution is -2.14. The van der Waals surface area contributed by atoms with Crippen LogP contribution in [-0.2, 0) is 11.3 Å². The first-order valence-electron chi connectivity index (χ1n) is 7.06. The van der Waals surface area contributed by atoms with E-state index in [2.05, 4.69) is 10.3 Å². The summed E-state index contributed by atoms with van der Waals surface area (Å²) in [5.41, 5.74) is 2.47. The minimum atomic E-state index is -0.103. The molecule has 1 amide bonds. The number of hydrogen-bond donors (Lipinski definition) is 1. The van der Waals surface area contributed by atoms with E-state index in [1.165, 1.54) is 18.3 Å². The van der Waals surface area contributed by atoms with Gasteiger partial charge in [-0.05, 0) is 38.1 Å². The van der Waals surface area contributed by atoms with E-state index in [1.54, 1.807) is 6.92 Å². The molecular weight excluding hydrogens is 298 g/mol. The van der Waals surface area contributed by atoms with Crippen LogP contribution >= 0.6 is 11.3 Å². The van der Waals surface area contributed by atoms with Gasteiger partial charge in [0.2, 0.25) is 5.91 Å². The normalized spacial score (nSPS) is 11.5. The molecule has 0 aliphatic rings. The van der Waals surface area contributed by atoms with Gasteiger partial charge in [0, 0.05) is 31.8 Å². The SMILES string of the molecule is CCn1c(C)c(C(C)=O)s/c1=N/c1ccc(NC(C)=O)cc1. The predicted octanol–water partition coefficient (Wildman–Crippen LogP) is 3.27. The molecule has 116 valence electrons. The molecule has 2 rings (SSSR count). The van der Waals surface area contributed by atoms with Gasteiger partial charge in [0.25, 0.3) is 0 Å². The third-order valence-electron chi connectivity index (χ3n) is 3.21. The van der Waals surface area contributed by atoms with E-state index in [9.17, 15) is 9.59 Å². The Morgan fingerprint density at radius 2 is 1.86 bits per heavy atom. The number of aromatic nitrogens is 1. The summed E-state index contributed by atoms with van der Waals surface area (Å²) in [6.45, 7) is 7.78. The molecule has 0 unspecified atom stereocenters. The summed E-state index contributed by atoms with van der Waals surface area (Å²) >= 11 is 1.41. The number of benzene rings is 1. The van der Waals surface area contributed by atoms with Gasteiger partial charge in [-0.2, -0.15) is 0 Å². The maximum Gasteiger partial charge on any atom is 0.221 e. The number of rotatable bonds is 4. The second kappa shape index (κ2) is 6.70. The van der Waals surface area contributed by atoms with E-state index >= 15 is 0 Å². The van der Waals surface area contributed by atoms with Crippen molar-refractivity contribution in [3.8, 4) is 0 Å². The first-order chi connectivity index (χ1) is 10.4. The summed E-state index contributed by atoms with van der Waals surface area (Å²) in [6, 6.07) is 7.30. The highest BCUT2D eigenvalue weighted by molar-refractivity contribution is 7.11. The standard InChI is InChI=1S/C16H19N3O2S/c1-5-19-10(2)15(11(3)20)22-16(19)18-14-8-6-13(7-9-14)17-12(4)21/h6-9H,5H2,1-4H3,(H,17,21)/b18-16+. The molecule has 0 spiro atoms. The lowest BCUT2D eigenvalue weighted by atomic mass is 10.3. The van der Waals surface area contributed by atoms with Crippen LogP contribution in [0.3, 0.4) is 0 Å². The molecule has 0 bridgehead atoms. The second-order valence-electron chi connectivity index (χ2n) is 4.94. The third kappa shape index (κ3) is 3.51. The lowest BCUT2D eigenvalue weighted by Gasteiger charge is -2.03. The van der Waals surface area contributed by atoms with Crippen LogP contribution in [0.5, 0.6) is 0 Å². The first kappa shape index (κ1) is 16.2. The molecule has 0 aliphatic heterocycles. The largest absolute Gasteiger partial charge is 0.326 e. The van der Waals surface area contributed by atoms with Gasteiger partial charge in [-0.15, -0.1) is 0 Å². The van der Waals surface area contributed by atoms with Gasteiger partial charge < -0.3 is 9.88 Å². The molecule has 1 heterocycles. The van der Waals surface area contributed by atoms with Crippen LogP contribution in [0.2, 0.25) is 0 Å². The molecule has 0 aliphatic carbocycles. The number of hydrogen-bond acceptors (Lipinski definition) is 4. The van der Waals surface area contributed by atoms with Gasteiger partial charge in [-0.25, -0.2) is 4.99 Å². The van der Waals surface area contributed by atoms with E-state index < -0.39 is 0 Å². The highest BCUT2D eigenvalue weighted by Crippen LogP contribution is 2.18. The van der Waals surface area contributed by atoms with E-state index in [-0.39, 0.29) is 11.7 Å². The Morgan fingerprint density at radius 3 is 2.36 bits per heavy atom. The Hall–Kier alpha value is -2.21. The molecule has 22 heavy (non-hydrogen) atoms. The van der Waals surface area contributed by atoms with Crippen molar-refractivity contribution in [1.29, 1.82) is 0 Å². The van der Waals surface area contributed by atoms with Crippen molar-refractivity contribution >= 4 is 34.4 Å². The Bertz CT molecular complexity index is 770. The maximum atomic E-state index is 11.7. The Morgan fingerprint density at radius 1 is 1.23 bits per heavy atom.